The van der Waals surface area contributed by atoms with Crippen molar-refractivity contribution in [1.29, 1.82) is 0 Å². The summed E-state index contributed by atoms with van der Waals surface area (Å²) in [5, 5.41) is 3.37. The number of nitrogens with zero attached hydrogens (tertiary/aromatic N) is 1. The third kappa shape index (κ3) is 2.99. The van der Waals surface area contributed by atoms with Gasteiger partial charge in [0.05, 0.1) is 26.4 Å². The Morgan fingerprint density at radius 1 is 1.03 bits per heavy atom. The largest absolute Gasteiger partial charge is 0.497 e. The van der Waals surface area contributed by atoms with E-state index >= 15 is 0 Å². The second kappa shape index (κ2) is 7.47. The molecule has 3 aliphatic rings. The maximum atomic E-state index is 13.4. The molecule has 3 aliphatic heterocycles. The summed E-state index contributed by atoms with van der Waals surface area (Å²) in [5.41, 5.74) is 4.41. The molecule has 0 spiro atoms. The standard InChI is InChI=1S/C24H24N2O4/c1-28-19-9-5-15(6-10-19)21-20-17(11-25-21)12-26-22(23(20)27)16-3-7-18(8-4-16)24(29-2)13-30-14-24/h3-11,21-22,26H,12-14H2,1-2H3. The summed E-state index contributed by atoms with van der Waals surface area (Å²) in [6, 6.07) is 15.2. The van der Waals surface area contributed by atoms with Crippen molar-refractivity contribution in [3.05, 3.63) is 76.4 Å². The first-order valence-electron chi connectivity index (χ1n) is 10.1. The van der Waals surface area contributed by atoms with Crippen LogP contribution in [0.25, 0.3) is 0 Å². The lowest BCUT2D eigenvalue weighted by molar-refractivity contribution is -0.202. The predicted octanol–water partition coefficient (Wildman–Crippen LogP) is 2.90. The second-order valence-corrected chi connectivity index (χ2v) is 7.88. The molecule has 0 aromatic heterocycles. The van der Waals surface area contributed by atoms with Crippen molar-refractivity contribution in [3.8, 4) is 5.75 Å². The number of hydrogen-bond acceptors (Lipinski definition) is 6. The number of hydrogen-bond donors (Lipinski definition) is 1. The smallest absolute Gasteiger partial charge is 0.183 e. The number of rotatable bonds is 5. The van der Waals surface area contributed by atoms with E-state index in [0.29, 0.717) is 19.8 Å². The van der Waals surface area contributed by atoms with Gasteiger partial charge >= 0.3 is 0 Å². The van der Waals surface area contributed by atoms with Gasteiger partial charge in [-0.05, 0) is 34.4 Å². The van der Waals surface area contributed by atoms with Gasteiger partial charge in [-0.25, -0.2) is 0 Å². The number of carbonyl (C=O) groups excluding carboxylic acids is 1. The molecule has 0 radical (unpaired) electrons. The summed E-state index contributed by atoms with van der Waals surface area (Å²) >= 11 is 0. The maximum Gasteiger partial charge on any atom is 0.183 e. The summed E-state index contributed by atoms with van der Waals surface area (Å²) in [6.45, 7) is 1.74. The Hall–Kier alpha value is -2.80. The van der Waals surface area contributed by atoms with Gasteiger partial charge in [-0.3, -0.25) is 15.1 Å². The predicted molar refractivity (Wildman–Crippen MR) is 113 cm³/mol. The van der Waals surface area contributed by atoms with Gasteiger partial charge in [-0.15, -0.1) is 0 Å². The second-order valence-electron chi connectivity index (χ2n) is 7.88. The average molecular weight is 404 g/mol. The van der Waals surface area contributed by atoms with Crippen LogP contribution in [0.15, 0.2) is 64.7 Å². The lowest BCUT2D eigenvalue weighted by atomic mass is 9.84. The van der Waals surface area contributed by atoms with Gasteiger partial charge in [-0.2, -0.15) is 0 Å². The molecule has 2 atom stereocenters. The van der Waals surface area contributed by atoms with Crippen molar-refractivity contribution in [3.63, 3.8) is 0 Å². The molecule has 5 rings (SSSR count). The van der Waals surface area contributed by atoms with Crippen molar-refractivity contribution in [2.45, 2.75) is 17.7 Å². The first-order valence-corrected chi connectivity index (χ1v) is 10.1. The highest BCUT2D eigenvalue weighted by Crippen LogP contribution is 2.39. The summed E-state index contributed by atoms with van der Waals surface area (Å²) < 4.78 is 16.2. The highest BCUT2D eigenvalue weighted by molar-refractivity contribution is 6.09. The number of nitrogens with one attached hydrogen (secondary N) is 1. The summed E-state index contributed by atoms with van der Waals surface area (Å²) in [4.78, 5) is 18.1. The third-order valence-electron chi connectivity index (χ3n) is 6.29. The van der Waals surface area contributed by atoms with E-state index in [1.54, 1.807) is 14.2 Å². The Bertz CT molecular complexity index is 1010. The highest BCUT2D eigenvalue weighted by atomic mass is 16.6. The maximum absolute atomic E-state index is 13.4. The number of ether oxygens (including phenoxy) is 3. The van der Waals surface area contributed by atoms with Crippen molar-refractivity contribution >= 4 is 12.0 Å². The van der Waals surface area contributed by atoms with Crippen LogP contribution < -0.4 is 10.1 Å². The average Bonchev–Trinajstić information content (AvgIpc) is 3.19. The van der Waals surface area contributed by atoms with Gasteiger partial charge in [0.15, 0.2) is 5.78 Å². The monoisotopic (exact) mass is 404 g/mol. The fourth-order valence-corrected chi connectivity index (χ4v) is 4.36. The minimum absolute atomic E-state index is 0.0794. The number of Topliss-reactive ketones (excluding diaryl/α,β-unsaturated/α-hetero) is 1. The molecule has 154 valence electrons. The Labute approximate surface area is 175 Å². The minimum atomic E-state index is -0.378. The molecular formula is C24H24N2O4. The van der Waals surface area contributed by atoms with Crippen molar-refractivity contribution < 1.29 is 19.0 Å². The zero-order valence-corrected chi connectivity index (χ0v) is 17.1. The molecule has 0 aliphatic carbocycles. The van der Waals surface area contributed by atoms with Crippen molar-refractivity contribution in [2.75, 3.05) is 34.0 Å². The van der Waals surface area contributed by atoms with Crippen LogP contribution in [0, 0.1) is 0 Å². The van der Waals surface area contributed by atoms with E-state index in [0.717, 1.165) is 33.6 Å². The summed E-state index contributed by atoms with van der Waals surface area (Å²) in [5.74, 6) is 0.867. The number of aliphatic imine (C=N–C) groups is 1. The van der Waals surface area contributed by atoms with Gasteiger partial charge in [0, 0.05) is 25.4 Å². The van der Waals surface area contributed by atoms with E-state index < -0.39 is 0 Å². The molecule has 0 saturated carbocycles. The van der Waals surface area contributed by atoms with Gasteiger partial charge in [-0.1, -0.05) is 36.4 Å². The number of ketones is 1. The zero-order chi connectivity index (χ0) is 20.7. The molecule has 0 bridgehead atoms. The Balaban J connectivity index is 1.40. The van der Waals surface area contributed by atoms with E-state index in [2.05, 4.69) is 10.3 Å². The lowest BCUT2D eigenvalue weighted by Crippen LogP contribution is -2.48. The molecule has 30 heavy (non-hydrogen) atoms. The number of benzene rings is 2. The molecule has 3 heterocycles. The Morgan fingerprint density at radius 2 is 1.73 bits per heavy atom. The Morgan fingerprint density at radius 3 is 2.33 bits per heavy atom. The van der Waals surface area contributed by atoms with Crippen LogP contribution in [-0.4, -0.2) is 46.0 Å². The summed E-state index contributed by atoms with van der Waals surface area (Å²) in [7, 11) is 3.35. The van der Waals surface area contributed by atoms with Gasteiger partial charge in [0.25, 0.3) is 0 Å². The van der Waals surface area contributed by atoms with Crippen LogP contribution >= 0.6 is 0 Å². The number of carbonyl (C=O) groups is 1. The molecule has 1 saturated heterocycles. The van der Waals surface area contributed by atoms with Gasteiger partial charge in [0.1, 0.15) is 17.4 Å². The molecule has 2 aromatic rings. The number of methoxy groups -OCH3 is 2. The van der Waals surface area contributed by atoms with Gasteiger partial charge in [0.2, 0.25) is 0 Å². The van der Waals surface area contributed by atoms with E-state index in [4.69, 9.17) is 14.2 Å². The van der Waals surface area contributed by atoms with E-state index in [1.165, 1.54) is 0 Å². The highest BCUT2D eigenvalue weighted by Gasteiger charge is 2.41. The minimum Gasteiger partial charge on any atom is -0.497 e. The quantitative estimate of drug-likeness (QED) is 0.830. The molecular weight excluding hydrogens is 380 g/mol. The molecule has 1 N–H and O–H groups in total. The van der Waals surface area contributed by atoms with Crippen molar-refractivity contribution in [1.82, 2.24) is 5.32 Å². The first kappa shape index (κ1) is 19.2. The van der Waals surface area contributed by atoms with E-state index in [-0.39, 0.29) is 23.5 Å². The molecule has 6 heteroatoms. The molecule has 1 fully saturated rings. The van der Waals surface area contributed by atoms with Crippen molar-refractivity contribution in [2.24, 2.45) is 4.99 Å². The van der Waals surface area contributed by atoms with E-state index in [9.17, 15) is 4.79 Å². The lowest BCUT2D eigenvalue weighted by Gasteiger charge is -2.40. The summed E-state index contributed by atoms with van der Waals surface area (Å²) in [6.07, 6.45) is 1.83. The first-order chi connectivity index (χ1) is 14.6. The third-order valence-corrected chi connectivity index (χ3v) is 6.29. The Kier molecular flexibility index (Phi) is 4.77. The molecule has 2 unspecified atom stereocenters. The molecule has 6 nitrogen and oxygen atoms in total. The molecule has 2 aromatic carbocycles. The van der Waals surface area contributed by atoms with Crippen LogP contribution in [0.1, 0.15) is 28.8 Å². The van der Waals surface area contributed by atoms with E-state index in [1.807, 2.05) is 54.7 Å². The van der Waals surface area contributed by atoms with Crippen LogP contribution in [-0.2, 0) is 19.9 Å². The SMILES string of the molecule is COc1ccc(C2N=CC3=C2C(=O)C(c2ccc(C4(OC)COC4)cc2)NC3)cc1. The van der Waals surface area contributed by atoms with Crippen LogP contribution in [0.4, 0.5) is 0 Å². The fraction of sp³-hybridized carbons (Fsp3) is 0.333. The zero-order valence-electron chi connectivity index (χ0n) is 17.1. The normalized spacial score (nSPS) is 24.5. The van der Waals surface area contributed by atoms with Gasteiger partial charge < -0.3 is 14.2 Å². The topological polar surface area (TPSA) is 69.2 Å². The van der Waals surface area contributed by atoms with Crippen LogP contribution in [0.3, 0.4) is 0 Å². The van der Waals surface area contributed by atoms with Crippen LogP contribution in [0.2, 0.25) is 0 Å². The molecule has 0 amide bonds. The van der Waals surface area contributed by atoms with Crippen LogP contribution in [0.5, 0.6) is 5.75 Å². The fourth-order valence-electron chi connectivity index (χ4n) is 4.36.